The van der Waals surface area contributed by atoms with Crippen molar-refractivity contribution in [3.8, 4) is 0 Å². The molecule has 0 aliphatic carbocycles. The minimum atomic E-state index is -3.71. The van der Waals surface area contributed by atoms with Crippen molar-refractivity contribution >= 4 is 21.2 Å². The quantitative estimate of drug-likeness (QED) is 0.657. The minimum Gasteiger partial charge on any atom is -0.381 e. The van der Waals surface area contributed by atoms with Crippen LogP contribution in [-0.2, 0) is 19.0 Å². The Balaban J connectivity index is 1.60. The summed E-state index contributed by atoms with van der Waals surface area (Å²) in [5, 5.41) is 7.73. The largest absolute Gasteiger partial charge is 0.381 e. The molecule has 0 bridgehead atoms. The van der Waals surface area contributed by atoms with Gasteiger partial charge in [-0.2, -0.15) is 13.5 Å². The molecule has 2 aliphatic heterocycles. The van der Waals surface area contributed by atoms with E-state index in [0.717, 1.165) is 12.8 Å². The first-order valence-electron chi connectivity index (χ1n) is 9.10. The van der Waals surface area contributed by atoms with Crippen molar-refractivity contribution in [2.75, 3.05) is 32.1 Å². The van der Waals surface area contributed by atoms with Gasteiger partial charge in [0.05, 0.1) is 18.0 Å². The number of fused-ring (bicyclic) bond motifs is 1. The van der Waals surface area contributed by atoms with Crippen molar-refractivity contribution in [3.63, 3.8) is 0 Å². The molecular weight excluding hydrogens is 374 g/mol. The van der Waals surface area contributed by atoms with Gasteiger partial charge < -0.3 is 15.0 Å². The molecule has 1 atom stereocenters. The second-order valence-electron chi connectivity index (χ2n) is 7.11. The van der Waals surface area contributed by atoms with E-state index in [1.165, 1.54) is 6.20 Å². The molecule has 2 N–H and O–H groups in total. The van der Waals surface area contributed by atoms with Crippen molar-refractivity contribution in [2.45, 2.75) is 31.9 Å². The van der Waals surface area contributed by atoms with Gasteiger partial charge in [-0.1, -0.05) is 0 Å². The number of aromatic nitrogens is 4. The first-order valence-corrected chi connectivity index (χ1v) is 10.7. The average Bonchev–Trinajstić information content (AvgIpc) is 3.03. The average molecular weight is 397 g/mol. The molecule has 2 saturated heterocycles. The van der Waals surface area contributed by atoms with E-state index in [2.05, 4.69) is 20.4 Å². The second-order valence-corrected chi connectivity index (χ2v) is 8.75. The van der Waals surface area contributed by atoms with Gasteiger partial charge in [0, 0.05) is 32.2 Å². The maximum atomic E-state index is 12.4. The number of ether oxygens (including phenoxy) is 1. The SMILES string of the molecule is C[C@@H](OS(=O)(=O)CC1CNC1)c1nc2c(cnn2C2CCOCC2)c(=O)[nH]1. The molecule has 148 valence electrons. The Morgan fingerprint density at radius 3 is 2.78 bits per heavy atom. The molecule has 2 fully saturated rings. The van der Waals surface area contributed by atoms with E-state index >= 15 is 0 Å². The Morgan fingerprint density at radius 2 is 2.11 bits per heavy atom. The van der Waals surface area contributed by atoms with E-state index in [0.29, 0.717) is 37.3 Å². The number of aromatic amines is 1. The molecule has 2 aliphatic rings. The Kier molecular flexibility index (Phi) is 5.01. The summed E-state index contributed by atoms with van der Waals surface area (Å²) in [4.78, 5) is 19.5. The number of hydrogen-bond acceptors (Lipinski definition) is 8. The molecule has 0 spiro atoms. The third kappa shape index (κ3) is 3.91. The lowest BCUT2D eigenvalue weighted by atomic mass is 10.1. The van der Waals surface area contributed by atoms with Gasteiger partial charge in [0.15, 0.2) is 5.65 Å². The van der Waals surface area contributed by atoms with Gasteiger partial charge in [-0.05, 0) is 19.8 Å². The molecule has 2 aromatic rings. The van der Waals surface area contributed by atoms with Crippen molar-refractivity contribution in [1.29, 1.82) is 0 Å². The van der Waals surface area contributed by atoms with E-state index in [-0.39, 0.29) is 29.1 Å². The zero-order chi connectivity index (χ0) is 19.0. The predicted molar refractivity (Wildman–Crippen MR) is 96.9 cm³/mol. The van der Waals surface area contributed by atoms with Gasteiger partial charge >= 0.3 is 0 Å². The standard InChI is InChI=1S/C16H23N5O5S/c1-10(26-27(23,24)9-11-6-17-7-11)14-19-15-13(16(22)20-14)8-18-21(15)12-2-4-25-5-3-12/h8,10-12,17H,2-7,9H2,1H3,(H,19,20,22)/t10-/m1/s1. The van der Waals surface area contributed by atoms with Crippen LogP contribution in [0.15, 0.2) is 11.0 Å². The van der Waals surface area contributed by atoms with Crippen LogP contribution in [0.3, 0.4) is 0 Å². The fraction of sp³-hybridized carbons (Fsp3) is 0.688. The van der Waals surface area contributed by atoms with Gasteiger partial charge in [-0.3, -0.25) is 8.98 Å². The summed E-state index contributed by atoms with van der Waals surface area (Å²) in [6, 6.07) is 0.101. The van der Waals surface area contributed by atoms with Crippen LogP contribution in [0.25, 0.3) is 11.0 Å². The number of H-pyrrole nitrogens is 1. The summed E-state index contributed by atoms with van der Waals surface area (Å²) in [6.07, 6.45) is 2.18. The molecule has 0 unspecified atom stereocenters. The number of rotatable bonds is 6. The van der Waals surface area contributed by atoms with Crippen LogP contribution >= 0.6 is 0 Å². The third-order valence-electron chi connectivity index (χ3n) is 5.00. The first-order chi connectivity index (χ1) is 12.9. The summed E-state index contributed by atoms with van der Waals surface area (Å²) in [6.45, 7) is 4.17. The number of nitrogens with one attached hydrogen (secondary N) is 2. The van der Waals surface area contributed by atoms with Gasteiger partial charge in [-0.15, -0.1) is 0 Å². The van der Waals surface area contributed by atoms with E-state index in [1.807, 2.05) is 0 Å². The van der Waals surface area contributed by atoms with Gasteiger partial charge in [0.1, 0.15) is 17.3 Å². The van der Waals surface area contributed by atoms with Crippen LogP contribution < -0.4 is 10.9 Å². The molecule has 0 amide bonds. The lowest BCUT2D eigenvalue weighted by Crippen LogP contribution is -2.45. The van der Waals surface area contributed by atoms with Gasteiger partial charge in [-0.25, -0.2) is 9.67 Å². The molecule has 0 saturated carbocycles. The Labute approximate surface area is 156 Å². The molecule has 11 heteroatoms. The molecular formula is C16H23N5O5S. The van der Waals surface area contributed by atoms with Gasteiger partial charge in [0.25, 0.3) is 15.7 Å². The molecule has 4 heterocycles. The van der Waals surface area contributed by atoms with Gasteiger partial charge in [0.2, 0.25) is 0 Å². The van der Waals surface area contributed by atoms with E-state index in [4.69, 9.17) is 8.92 Å². The second kappa shape index (κ2) is 7.30. The topological polar surface area (TPSA) is 128 Å². The Bertz CT molecular complexity index is 975. The smallest absolute Gasteiger partial charge is 0.268 e. The van der Waals surface area contributed by atoms with Crippen molar-refractivity contribution in [3.05, 3.63) is 22.4 Å². The number of nitrogens with zero attached hydrogens (tertiary/aromatic N) is 3. The Hall–Kier alpha value is -1.82. The maximum absolute atomic E-state index is 12.4. The van der Waals surface area contributed by atoms with Crippen molar-refractivity contribution in [2.24, 2.45) is 5.92 Å². The lowest BCUT2D eigenvalue weighted by molar-refractivity contribution is 0.0673. The maximum Gasteiger partial charge on any atom is 0.268 e. The van der Waals surface area contributed by atoms with Crippen LogP contribution in [0.1, 0.15) is 37.7 Å². The highest BCUT2D eigenvalue weighted by Crippen LogP contribution is 2.24. The van der Waals surface area contributed by atoms with E-state index in [9.17, 15) is 13.2 Å². The molecule has 10 nitrogen and oxygen atoms in total. The predicted octanol–water partition coefficient (Wildman–Crippen LogP) is 0.0979. The van der Waals surface area contributed by atoms with Crippen molar-refractivity contribution in [1.82, 2.24) is 25.1 Å². The van der Waals surface area contributed by atoms with E-state index < -0.39 is 16.2 Å². The summed E-state index contributed by atoms with van der Waals surface area (Å²) in [5.74, 6) is 0.194. The highest BCUT2D eigenvalue weighted by molar-refractivity contribution is 7.86. The molecule has 0 aromatic carbocycles. The van der Waals surface area contributed by atoms with Crippen LogP contribution in [0, 0.1) is 5.92 Å². The number of hydrogen-bond donors (Lipinski definition) is 2. The summed E-state index contributed by atoms with van der Waals surface area (Å²) >= 11 is 0. The summed E-state index contributed by atoms with van der Waals surface area (Å²) < 4.78 is 36.8. The highest BCUT2D eigenvalue weighted by atomic mass is 32.2. The third-order valence-corrected chi connectivity index (χ3v) is 6.46. The Morgan fingerprint density at radius 1 is 1.37 bits per heavy atom. The van der Waals surface area contributed by atoms with E-state index in [1.54, 1.807) is 11.6 Å². The minimum absolute atomic E-state index is 0.0448. The van der Waals surface area contributed by atoms with Crippen molar-refractivity contribution < 1.29 is 17.3 Å². The molecule has 4 rings (SSSR count). The van der Waals surface area contributed by atoms with Crippen LogP contribution in [0.2, 0.25) is 0 Å². The first kappa shape index (κ1) is 18.5. The van der Waals surface area contributed by atoms with Crippen LogP contribution in [-0.4, -0.2) is 60.2 Å². The summed E-state index contributed by atoms with van der Waals surface area (Å²) in [7, 11) is -3.71. The van der Waals surface area contributed by atoms with Crippen LogP contribution in [0.4, 0.5) is 0 Å². The lowest BCUT2D eigenvalue weighted by Gasteiger charge is -2.26. The zero-order valence-electron chi connectivity index (χ0n) is 15.1. The monoisotopic (exact) mass is 397 g/mol. The summed E-state index contributed by atoms with van der Waals surface area (Å²) in [5.41, 5.74) is 0.0843. The van der Waals surface area contributed by atoms with Crippen LogP contribution in [0.5, 0.6) is 0 Å². The highest BCUT2D eigenvalue weighted by Gasteiger charge is 2.28. The fourth-order valence-corrected chi connectivity index (χ4v) is 4.82. The molecule has 0 radical (unpaired) electrons. The normalized spacial score (nSPS) is 20.6. The molecule has 2 aromatic heterocycles. The molecule has 27 heavy (non-hydrogen) atoms. The zero-order valence-corrected chi connectivity index (χ0v) is 15.9. The fourth-order valence-electron chi connectivity index (χ4n) is 3.40.